The van der Waals surface area contributed by atoms with E-state index in [1.807, 2.05) is 26.0 Å². The van der Waals surface area contributed by atoms with Crippen LogP contribution in [-0.2, 0) is 14.8 Å². The second kappa shape index (κ2) is 7.91. The van der Waals surface area contributed by atoms with E-state index in [0.717, 1.165) is 30.4 Å². The molecule has 4 fully saturated rings. The molecular weight excluding hydrogens is 420 g/mol. The SMILES string of the molecule is Cc1ccc(N(CC(=O)NC23CC4CC(CC(C4)C2)C3)S(=O)(=O)c2ccc(C)cc2)cc1. The lowest BCUT2D eigenvalue weighted by molar-refractivity contribution is -0.125. The first kappa shape index (κ1) is 21.5. The summed E-state index contributed by atoms with van der Waals surface area (Å²) in [5.41, 5.74) is 2.40. The summed E-state index contributed by atoms with van der Waals surface area (Å²) in [6, 6.07) is 14.1. The summed E-state index contributed by atoms with van der Waals surface area (Å²) in [6.45, 7) is 3.68. The number of amides is 1. The maximum absolute atomic E-state index is 13.6. The number of hydrogen-bond acceptors (Lipinski definition) is 3. The molecule has 6 heteroatoms. The number of rotatable bonds is 6. The molecule has 1 amide bonds. The van der Waals surface area contributed by atoms with Gasteiger partial charge in [0.15, 0.2) is 0 Å². The molecule has 1 N–H and O–H groups in total. The Hall–Kier alpha value is -2.34. The van der Waals surface area contributed by atoms with E-state index in [-0.39, 0.29) is 22.9 Å². The van der Waals surface area contributed by atoms with Crippen molar-refractivity contribution in [2.24, 2.45) is 17.8 Å². The smallest absolute Gasteiger partial charge is 0.264 e. The zero-order valence-electron chi connectivity index (χ0n) is 18.9. The topological polar surface area (TPSA) is 66.5 Å². The number of nitrogens with zero attached hydrogens (tertiary/aromatic N) is 1. The first-order valence-electron chi connectivity index (χ1n) is 11.7. The van der Waals surface area contributed by atoms with Crippen LogP contribution in [0.15, 0.2) is 53.4 Å². The van der Waals surface area contributed by atoms with Gasteiger partial charge in [-0.2, -0.15) is 0 Å². The molecule has 4 bridgehead atoms. The number of nitrogens with one attached hydrogen (secondary N) is 1. The average molecular weight is 453 g/mol. The van der Waals surface area contributed by atoms with Gasteiger partial charge >= 0.3 is 0 Å². The molecule has 2 aromatic rings. The van der Waals surface area contributed by atoms with E-state index in [1.165, 1.54) is 23.6 Å². The summed E-state index contributed by atoms with van der Waals surface area (Å²) in [4.78, 5) is 13.5. The van der Waals surface area contributed by atoms with Crippen LogP contribution in [0.2, 0.25) is 0 Å². The van der Waals surface area contributed by atoms with Crippen LogP contribution in [0.5, 0.6) is 0 Å². The van der Waals surface area contributed by atoms with Crippen molar-refractivity contribution in [2.75, 3.05) is 10.8 Å². The van der Waals surface area contributed by atoms with Gasteiger partial charge in [0, 0.05) is 5.54 Å². The molecule has 0 atom stereocenters. The van der Waals surface area contributed by atoms with Crippen molar-refractivity contribution in [3.05, 3.63) is 59.7 Å². The zero-order valence-corrected chi connectivity index (χ0v) is 19.7. The Bertz CT molecular complexity index is 1070. The lowest BCUT2D eigenvalue weighted by Gasteiger charge is -2.57. The Labute approximate surface area is 191 Å². The molecule has 0 aliphatic heterocycles. The molecule has 0 saturated heterocycles. The van der Waals surface area contributed by atoms with Crippen LogP contribution in [-0.4, -0.2) is 26.4 Å². The molecule has 4 saturated carbocycles. The van der Waals surface area contributed by atoms with Crippen LogP contribution in [0, 0.1) is 31.6 Å². The Balaban J connectivity index is 1.41. The van der Waals surface area contributed by atoms with Crippen molar-refractivity contribution < 1.29 is 13.2 Å². The van der Waals surface area contributed by atoms with Crippen molar-refractivity contribution in [3.63, 3.8) is 0 Å². The minimum atomic E-state index is -3.87. The standard InChI is InChI=1S/C26H32N2O3S/c1-18-3-7-23(8-4-18)28(32(30,31)24-9-5-19(2)6-10-24)17-25(29)27-26-14-20-11-21(15-26)13-22(12-20)16-26/h3-10,20-22H,11-17H2,1-2H3,(H,27,29). The van der Waals surface area contributed by atoms with Gasteiger partial charge in [0.2, 0.25) is 5.91 Å². The predicted molar refractivity (Wildman–Crippen MR) is 126 cm³/mol. The summed E-state index contributed by atoms with van der Waals surface area (Å²) in [5, 5.41) is 3.32. The predicted octanol–water partition coefficient (Wildman–Crippen LogP) is 4.58. The van der Waals surface area contributed by atoms with Gasteiger partial charge in [-0.3, -0.25) is 9.10 Å². The summed E-state index contributed by atoms with van der Waals surface area (Å²) in [6.07, 6.45) is 7.02. The van der Waals surface area contributed by atoms with Crippen molar-refractivity contribution >= 4 is 21.6 Å². The molecule has 4 aliphatic rings. The summed E-state index contributed by atoms with van der Waals surface area (Å²) in [5.74, 6) is 1.94. The largest absolute Gasteiger partial charge is 0.349 e. The maximum atomic E-state index is 13.6. The van der Waals surface area contributed by atoms with E-state index in [0.29, 0.717) is 23.4 Å². The molecular formula is C26H32N2O3S. The van der Waals surface area contributed by atoms with Crippen LogP contribution in [0.3, 0.4) is 0 Å². The van der Waals surface area contributed by atoms with E-state index in [1.54, 1.807) is 36.4 Å². The highest BCUT2D eigenvalue weighted by molar-refractivity contribution is 7.92. The molecule has 4 aliphatic carbocycles. The highest BCUT2D eigenvalue weighted by Gasteiger charge is 2.51. The fourth-order valence-corrected chi connectivity index (χ4v) is 8.01. The number of sulfonamides is 1. The zero-order chi connectivity index (χ0) is 22.5. The van der Waals surface area contributed by atoms with Gasteiger partial charge in [-0.15, -0.1) is 0 Å². The molecule has 6 rings (SSSR count). The minimum absolute atomic E-state index is 0.140. The van der Waals surface area contributed by atoms with E-state index >= 15 is 0 Å². The molecule has 0 radical (unpaired) electrons. The van der Waals surface area contributed by atoms with Gasteiger partial charge < -0.3 is 5.32 Å². The Morgan fingerprint density at radius 2 is 1.34 bits per heavy atom. The highest BCUT2D eigenvalue weighted by atomic mass is 32.2. The lowest BCUT2D eigenvalue weighted by Crippen LogP contribution is -2.61. The summed E-state index contributed by atoms with van der Waals surface area (Å²) < 4.78 is 28.4. The fraction of sp³-hybridized carbons (Fsp3) is 0.500. The van der Waals surface area contributed by atoms with Crippen LogP contribution in [0.4, 0.5) is 5.69 Å². The number of hydrogen-bond donors (Lipinski definition) is 1. The molecule has 32 heavy (non-hydrogen) atoms. The third-order valence-corrected chi connectivity index (χ3v) is 9.45. The molecule has 170 valence electrons. The number of aryl methyl sites for hydroxylation is 2. The van der Waals surface area contributed by atoms with Crippen LogP contribution >= 0.6 is 0 Å². The average Bonchev–Trinajstić information content (AvgIpc) is 2.72. The number of carbonyl (C=O) groups is 1. The van der Waals surface area contributed by atoms with Crippen LogP contribution in [0.1, 0.15) is 49.7 Å². The first-order chi connectivity index (χ1) is 15.2. The molecule has 0 heterocycles. The second-order valence-corrected chi connectivity index (χ2v) is 12.3. The minimum Gasteiger partial charge on any atom is -0.349 e. The van der Waals surface area contributed by atoms with Crippen molar-refractivity contribution in [1.29, 1.82) is 0 Å². The lowest BCUT2D eigenvalue weighted by atomic mass is 9.53. The van der Waals surface area contributed by atoms with E-state index in [9.17, 15) is 13.2 Å². The molecule has 0 unspecified atom stereocenters. The van der Waals surface area contributed by atoms with Crippen molar-refractivity contribution in [3.8, 4) is 0 Å². The Morgan fingerprint density at radius 1 is 0.875 bits per heavy atom. The number of anilines is 1. The number of benzene rings is 2. The Morgan fingerprint density at radius 3 is 1.84 bits per heavy atom. The fourth-order valence-electron chi connectivity index (χ4n) is 6.59. The molecule has 2 aromatic carbocycles. The third kappa shape index (κ3) is 4.05. The molecule has 0 spiro atoms. The van der Waals surface area contributed by atoms with E-state index in [2.05, 4.69) is 5.32 Å². The van der Waals surface area contributed by atoms with Gasteiger partial charge in [0.25, 0.3) is 10.0 Å². The maximum Gasteiger partial charge on any atom is 0.264 e. The van der Waals surface area contributed by atoms with Gasteiger partial charge in [-0.1, -0.05) is 35.4 Å². The highest BCUT2D eigenvalue weighted by Crippen LogP contribution is 2.55. The number of carbonyl (C=O) groups excluding carboxylic acids is 1. The van der Waals surface area contributed by atoms with Gasteiger partial charge in [0.05, 0.1) is 10.6 Å². The normalized spacial score (nSPS) is 28.5. The Kier molecular flexibility index (Phi) is 5.31. The van der Waals surface area contributed by atoms with Crippen LogP contribution in [0.25, 0.3) is 0 Å². The van der Waals surface area contributed by atoms with Crippen molar-refractivity contribution in [1.82, 2.24) is 5.32 Å². The summed E-state index contributed by atoms with van der Waals surface area (Å²) in [7, 11) is -3.87. The monoisotopic (exact) mass is 452 g/mol. The van der Waals surface area contributed by atoms with E-state index in [4.69, 9.17) is 0 Å². The van der Waals surface area contributed by atoms with Crippen molar-refractivity contribution in [2.45, 2.75) is 62.8 Å². The van der Waals surface area contributed by atoms with E-state index < -0.39 is 10.0 Å². The molecule has 5 nitrogen and oxygen atoms in total. The van der Waals surface area contributed by atoms with Crippen LogP contribution < -0.4 is 9.62 Å². The second-order valence-electron chi connectivity index (χ2n) is 10.4. The third-order valence-electron chi connectivity index (χ3n) is 7.66. The van der Waals surface area contributed by atoms with Gasteiger partial charge in [-0.25, -0.2) is 8.42 Å². The molecule has 0 aromatic heterocycles. The quantitative estimate of drug-likeness (QED) is 0.697. The van der Waals surface area contributed by atoms with Gasteiger partial charge in [0.1, 0.15) is 6.54 Å². The van der Waals surface area contributed by atoms with Gasteiger partial charge in [-0.05, 0) is 94.4 Å². The summed E-state index contributed by atoms with van der Waals surface area (Å²) >= 11 is 0. The first-order valence-corrected chi connectivity index (χ1v) is 13.1.